The Morgan fingerprint density at radius 1 is 1.35 bits per heavy atom. The second kappa shape index (κ2) is 6.06. The van der Waals surface area contributed by atoms with E-state index in [4.69, 9.17) is 4.74 Å². The lowest BCUT2D eigenvalue weighted by Crippen LogP contribution is -2.20. The fourth-order valence-electron chi connectivity index (χ4n) is 1.95. The van der Waals surface area contributed by atoms with Crippen molar-refractivity contribution >= 4 is 0 Å². The summed E-state index contributed by atoms with van der Waals surface area (Å²) in [5.74, 6) is 1.02. The van der Waals surface area contributed by atoms with Gasteiger partial charge in [-0.05, 0) is 57.7 Å². The highest BCUT2D eigenvalue weighted by molar-refractivity contribution is 5.31. The molecule has 0 aliphatic heterocycles. The van der Waals surface area contributed by atoms with E-state index in [9.17, 15) is 0 Å². The van der Waals surface area contributed by atoms with Gasteiger partial charge in [0.05, 0.1) is 6.10 Å². The summed E-state index contributed by atoms with van der Waals surface area (Å²) in [5, 5.41) is 3.53. The molecule has 0 saturated heterocycles. The molecule has 0 radical (unpaired) electrons. The first-order valence-electron chi connectivity index (χ1n) is 6.71. The third kappa shape index (κ3) is 4.39. The van der Waals surface area contributed by atoms with Crippen LogP contribution in [0.15, 0.2) is 24.3 Å². The summed E-state index contributed by atoms with van der Waals surface area (Å²) in [6.45, 7) is 5.38. The summed E-state index contributed by atoms with van der Waals surface area (Å²) in [4.78, 5) is 0. The van der Waals surface area contributed by atoms with Gasteiger partial charge in [-0.2, -0.15) is 0 Å². The monoisotopic (exact) mass is 233 g/mol. The quantitative estimate of drug-likeness (QED) is 0.730. The topological polar surface area (TPSA) is 21.3 Å². The molecule has 0 aromatic heterocycles. The summed E-state index contributed by atoms with van der Waals surface area (Å²) < 4.78 is 5.94. The molecular formula is C15H23NO. The molecule has 1 atom stereocenters. The van der Waals surface area contributed by atoms with Gasteiger partial charge in [-0.1, -0.05) is 18.2 Å². The highest BCUT2D eigenvalue weighted by Gasteiger charge is 2.19. The fourth-order valence-corrected chi connectivity index (χ4v) is 1.95. The lowest BCUT2D eigenvalue weighted by molar-refractivity contribution is 0.206. The van der Waals surface area contributed by atoms with Crippen molar-refractivity contribution in [2.45, 2.75) is 51.7 Å². The largest absolute Gasteiger partial charge is 0.490 e. The van der Waals surface area contributed by atoms with Gasteiger partial charge in [0.15, 0.2) is 0 Å². The smallest absolute Gasteiger partial charge is 0.122 e. The van der Waals surface area contributed by atoms with E-state index in [-0.39, 0.29) is 0 Å². The Morgan fingerprint density at radius 3 is 2.82 bits per heavy atom. The minimum Gasteiger partial charge on any atom is -0.490 e. The van der Waals surface area contributed by atoms with Crippen LogP contribution in [-0.4, -0.2) is 18.7 Å². The SMILES string of the molecule is Cc1ccccc1OC(C)CCCNC1CC1. The number of para-hydroxylation sites is 1. The molecule has 1 unspecified atom stereocenters. The summed E-state index contributed by atoms with van der Waals surface area (Å²) in [6, 6.07) is 9.05. The van der Waals surface area contributed by atoms with Crippen LogP contribution in [0.5, 0.6) is 5.75 Å². The van der Waals surface area contributed by atoms with Gasteiger partial charge in [-0.3, -0.25) is 0 Å². The van der Waals surface area contributed by atoms with Gasteiger partial charge in [0.1, 0.15) is 5.75 Å². The molecular weight excluding hydrogens is 210 g/mol. The van der Waals surface area contributed by atoms with Crippen LogP contribution in [0.25, 0.3) is 0 Å². The van der Waals surface area contributed by atoms with Crippen molar-refractivity contribution in [1.82, 2.24) is 5.32 Å². The van der Waals surface area contributed by atoms with Crippen LogP contribution in [-0.2, 0) is 0 Å². The Balaban J connectivity index is 1.65. The lowest BCUT2D eigenvalue weighted by Gasteiger charge is -2.16. The van der Waals surface area contributed by atoms with Crippen molar-refractivity contribution in [3.63, 3.8) is 0 Å². The van der Waals surface area contributed by atoms with E-state index in [1.807, 2.05) is 18.2 Å². The van der Waals surface area contributed by atoms with Crippen molar-refractivity contribution in [3.8, 4) is 5.75 Å². The Bertz CT molecular complexity index is 347. The molecule has 2 heteroatoms. The van der Waals surface area contributed by atoms with Gasteiger partial charge < -0.3 is 10.1 Å². The predicted molar refractivity (Wildman–Crippen MR) is 71.5 cm³/mol. The standard InChI is InChI=1S/C15H23NO/c1-12-6-3-4-8-15(12)17-13(2)7-5-11-16-14-9-10-14/h3-4,6,8,13-14,16H,5,7,9-11H2,1-2H3. The van der Waals surface area contributed by atoms with Crippen LogP contribution in [0.3, 0.4) is 0 Å². The van der Waals surface area contributed by atoms with Crippen LogP contribution >= 0.6 is 0 Å². The van der Waals surface area contributed by atoms with E-state index in [1.54, 1.807) is 0 Å². The Hall–Kier alpha value is -1.02. The maximum absolute atomic E-state index is 5.94. The third-order valence-electron chi connectivity index (χ3n) is 3.22. The minimum absolute atomic E-state index is 0.303. The van der Waals surface area contributed by atoms with Gasteiger partial charge in [0.25, 0.3) is 0 Å². The van der Waals surface area contributed by atoms with Crippen LogP contribution < -0.4 is 10.1 Å². The normalized spacial score (nSPS) is 16.8. The van der Waals surface area contributed by atoms with Gasteiger partial charge >= 0.3 is 0 Å². The van der Waals surface area contributed by atoms with Gasteiger partial charge in [-0.25, -0.2) is 0 Å². The molecule has 2 nitrogen and oxygen atoms in total. The fraction of sp³-hybridized carbons (Fsp3) is 0.600. The third-order valence-corrected chi connectivity index (χ3v) is 3.22. The molecule has 2 rings (SSSR count). The number of benzene rings is 1. The van der Waals surface area contributed by atoms with E-state index in [1.165, 1.54) is 24.8 Å². The first-order valence-corrected chi connectivity index (χ1v) is 6.71. The van der Waals surface area contributed by atoms with Crippen molar-refractivity contribution < 1.29 is 4.74 Å². The molecule has 94 valence electrons. The molecule has 1 saturated carbocycles. The highest BCUT2D eigenvalue weighted by atomic mass is 16.5. The zero-order valence-electron chi connectivity index (χ0n) is 10.9. The average Bonchev–Trinajstić information content (AvgIpc) is 3.12. The van der Waals surface area contributed by atoms with Crippen LogP contribution in [0.1, 0.15) is 38.2 Å². The molecule has 1 aromatic rings. The Kier molecular flexibility index (Phi) is 4.43. The van der Waals surface area contributed by atoms with Crippen LogP contribution in [0, 0.1) is 6.92 Å². The molecule has 1 aromatic carbocycles. The van der Waals surface area contributed by atoms with Crippen molar-refractivity contribution in [1.29, 1.82) is 0 Å². The van der Waals surface area contributed by atoms with Gasteiger partial charge in [0.2, 0.25) is 0 Å². The minimum atomic E-state index is 0.303. The van der Waals surface area contributed by atoms with Crippen molar-refractivity contribution in [2.24, 2.45) is 0 Å². The summed E-state index contributed by atoms with van der Waals surface area (Å²) in [7, 11) is 0. The lowest BCUT2D eigenvalue weighted by atomic mass is 10.2. The average molecular weight is 233 g/mol. The van der Waals surface area contributed by atoms with Crippen molar-refractivity contribution in [2.75, 3.05) is 6.54 Å². The molecule has 1 aliphatic carbocycles. The maximum atomic E-state index is 5.94. The first-order chi connectivity index (χ1) is 8.25. The van der Waals surface area contributed by atoms with Crippen LogP contribution in [0.2, 0.25) is 0 Å². The summed E-state index contributed by atoms with van der Waals surface area (Å²) in [6.07, 6.45) is 5.36. The molecule has 0 spiro atoms. The molecule has 1 fully saturated rings. The van der Waals surface area contributed by atoms with E-state index in [2.05, 4.69) is 25.2 Å². The number of hydrogen-bond acceptors (Lipinski definition) is 2. The zero-order chi connectivity index (χ0) is 12.1. The molecule has 1 aliphatic rings. The molecule has 0 bridgehead atoms. The Labute approximate surface area is 104 Å². The van der Waals surface area contributed by atoms with Gasteiger partial charge in [-0.15, -0.1) is 0 Å². The number of ether oxygens (including phenoxy) is 1. The Morgan fingerprint density at radius 2 is 2.12 bits per heavy atom. The van der Waals surface area contributed by atoms with E-state index in [0.717, 1.165) is 24.8 Å². The molecule has 17 heavy (non-hydrogen) atoms. The number of nitrogens with one attached hydrogen (secondary N) is 1. The summed E-state index contributed by atoms with van der Waals surface area (Å²) in [5.41, 5.74) is 1.22. The van der Waals surface area contributed by atoms with E-state index >= 15 is 0 Å². The second-order valence-corrected chi connectivity index (χ2v) is 5.06. The summed E-state index contributed by atoms with van der Waals surface area (Å²) >= 11 is 0. The number of hydrogen-bond donors (Lipinski definition) is 1. The first kappa shape index (κ1) is 12.4. The predicted octanol–water partition coefficient (Wildman–Crippen LogP) is 3.29. The van der Waals surface area contributed by atoms with E-state index in [0.29, 0.717) is 6.10 Å². The number of rotatable bonds is 7. The zero-order valence-corrected chi connectivity index (χ0v) is 10.9. The molecule has 0 amide bonds. The maximum Gasteiger partial charge on any atom is 0.122 e. The highest BCUT2D eigenvalue weighted by Crippen LogP contribution is 2.20. The number of aryl methyl sites for hydroxylation is 1. The van der Waals surface area contributed by atoms with Crippen molar-refractivity contribution in [3.05, 3.63) is 29.8 Å². The molecule has 0 heterocycles. The van der Waals surface area contributed by atoms with E-state index < -0.39 is 0 Å². The second-order valence-electron chi connectivity index (χ2n) is 5.06. The van der Waals surface area contributed by atoms with Gasteiger partial charge in [0, 0.05) is 6.04 Å². The van der Waals surface area contributed by atoms with Crippen LogP contribution in [0.4, 0.5) is 0 Å². The molecule has 1 N–H and O–H groups in total.